The molecule has 0 saturated heterocycles. The second-order valence-electron chi connectivity index (χ2n) is 5.84. The highest BCUT2D eigenvalue weighted by molar-refractivity contribution is 5.67. The molecule has 118 valence electrons. The molecule has 0 aliphatic rings. The van der Waals surface area contributed by atoms with E-state index in [0.29, 0.717) is 16.9 Å². The number of aryl methyl sites for hydroxylation is 1. The summed E-state index contributed by atoms with van der Waals surface area (Å²) < 4.78 is 5.03. The van der Waals surface area contributed by atoms with Crippen LogP contribution in [0.2, 0.25) is 0 Å². The van der Waals surface area contributed by atoms with Crippen molar-refractivity contribution in [1.29, 1.82) is 0 Å². The Morgan fingerprint density at radius 3 is 2.62 bits per heavy atom. The number of nitrogen functional groups attached to an aromatic ring is 1. The number of anilines is 1. The molecule has 0 aromatic carbocycles. The molecule has 7 nitrogen and oxygen atoms in total. The van der Waals surface area contributed by atoms with Crippen molar-refractivity contribution in [1.82, 2.24) is 10.3 Å². The Hall–Kier alpha value is -1.86. The monoisotopic (exact) mass is 297 g/mol. The average Bonchev–Trinajstić information content (AvgIpc) is 2.36. The maximum atomic E-state index is 11.5. The van der Waals surface area contributed by atoms with Gasteiger partial charge in [-0.25, -0.2) is 4.79 Å². The van der Waals surface area contributed by atoms with Crippen LogP contribution in [0.25, 0.3) is 0 Å². The van der Waals surface area contributed by atoms with Crippen LogP contribution in [0.3, 0.4) is 0 Å². The summed E-state index contributed by atoms with van der Waals surface area (Å²) >= 11 is 0. The fraction of sp³-hybridized carbons (Fsp3) is 0.571. The SMILES string of the molecule is Cc1ncc(C(O)C(O)CNC(=O)OC(C)(C)C)cc1N. The van der Waals surface area contributed by atoms with Gasteiger partial charge in [0.1, 0.15) is 17.8 Å². The number of hydrogen-bond acceptors (Lipinski definition) is 6. The number of nitrogens with two attached hydrogens (primary N) is 1. The first kappa shape index (κ1) is 17.2. The van der Waals surface area contributed by atoms with Gasteiger partial charge in [0.25, 0.3) is 0 Å². The van der Waals surface area contributed by atoms with Crippen molar-refractivity contribution >= 4 is 11.8 Å². The minimum Gasteiger partial charge on any atom is -0.444 e. The minimum atomic E-state index is -1.20. The topological polar surface area (TPSA) is 118 Å². The number of ether oxygens (including phenoxy) is 1. The number of aromatic nitrogens is 1. The summed E-state index contributed by atoms with van der Waals surface area (Å²) in [5.41, 5.74) is 6.54. The predicted molar refractivity (Wildman–Crippen MR) is 78.6 cm³/mol. The molecule has 0 fully saturated rings. The van der Waals surface area contributed by atoms with Crippen LogP contribution in [-0.4, -0.2) is 39.5 Å². The molecule has 0 aliphatic carbocycles. The van der Waals surface area contributed by atoms with Crippen molar-refractivity contribution in [3.8, 4) is 0 Å². The van der Waals surface area contributed by atoms with Gasteiger partial charge < -0.3 is 26.0 Å². The first-order valence-corrected chi connectivity index (χ1v) is 6.65. The molecule has 2 atom stereocenters. The molecule has 0 saturated carbocycles. The van der Waals surface area contributed by atoms with E-state index in [9.17, 15) is 15.0 Å². The smallest absolute Gasteiger partial charge is 0.407 e. The highest BCUT2D eigenvalue weighted by Gasteiger charge is 2.22. The summed E-state index contributed by atoms with van der Waals surface area (Å²) in [6.45, 7) is 6.80. The number of amides is 1. The van der Waals surface area contributed by atoms with E-state index in [-0.39, 0.29) is 6.54 Å². The molecule has 1 aromatic rings. The largest absolute Gasteiger partial charge is 0.444 e. The number of nitrogens with zero attached hydrogens (tertiary/aromatic N) is 1. The number of alkyl carbamates (subject to hydrolysis) is 1. The fourth-order valence-corrected chi connectivity index (χ4v) is 1.56. The van der Waals surface area contributed by atoms with Gasteiger partial charge in [0.15, 0.2) is 0 Å². The summed E-state index contributed by atoms with van der Waals surface area (Å²) in [5, 5.41) is 22.3. The van der Waals surface area contributed by atoms with Crippen molar-refractivity contribution in [3.05, 3.63) is 23.5 Å². The number of hydrogen-bond donors (Lipinski definition) is 4. The maximum absolute atomic E-state index is 11.5. The fourth-order valence-electron chi connectivity index (χ4n) is 1.56. The van der Waals surface area contributed by atoms with E-state index in [4.69, 9.17) is 10.5 Å². The van der Waals surface area contributed by atoms with E-state index < -0.39 is 23.9 Å². The number of pyridine rings is 1. The van der Waals surface area contributed by atoms with Gasteiger partial charge in [-0.1, -0.05) is 0 Å². The summed E-state index contributed by atoms with van der Waals surface area (Å²) in [5.74, 6) is 0. The van der Waals surface area contributed by atoms with E-state index in [1.807, 2.05) is 0 Å². The highest BCUT2D eigenvalue weighted by Crippen LogP contribution is 2.19. The van der Waals surface area contributed by atoms with Gasteiger partial charge in [0, 0.05) is 18.3 Å². The molecular formula is C14H23N3O4. The Balaban J connectivity index is 2.56. The summed E-state index contributed by atoms with van der Waals surface area (Å²) in [7, 11) is 0. The molecule has 0 radical (unpaired) electrons. The zero-order valence-corrected chi connectivity index (χ0v) is 12.8. The van der Waals surface area contributed by atoms with E-state index in [1.165, 1.54) is 6.20 Å². The van der Waals surface area contributed by atoms with Crippen LogP contribution in [0, 0.1) is 6.92 Å². The average molecular weight is 297 g/mol. The normalized spacial score (nSPS) is 14.4. The molecule has 0 aliphatic heterocycles. The Bertz CT molecular complexity index is 499. The molecule has 1 aromatic heterocycles. The number of nitrogens with one attached hydrogen (secondary N) is 1. The van der Waals surface area contributed by atoms with Gasteiger partial charge >= 0.3 is 6.09 Å². The van der Waals surface area contributed by atoms with Crippen molar-refractivity contribution < 1.29 is 19.7 Å². The summed E-state index contributed by atoms with van der Waals surface area (Å²) in [6.07, 6.45) is -1.61. The molecule has 0 bridgehead atoms. The second-order valence-corrected chi connectivity index (χ2v) is 5.84. The third kappa shape index (κ3) is 5.57. The zero-order chi connectivity index (χ0) is 16.2. The van der Waals surface area contributed by atoms with Crippen LogP contribution in [0.15, 0.2) is 12.3 Å². The molecule has 0 spiro atoms. The van der Waals surface area contributed by atoms with E-state index >= 15 is 0 Å². The first-order chi connectivity index (χ1) is 9.60. The van der Waals surface area contributed by atoms with Gasteiger partial charge in [-0.15, -0.1) is 0 Å². The third-order valence-corrected chi connectivity index (χ3v) is 2.71. The van der Waals surface area contributed by atoms with Crippen LogP contribution in [0.4, 0.5) is 10.5 Å². The molecule has 1 amide bonds. The van der Waals surface area contributed by atoms with Crippen molar-refractivity contribution in [2.24, 2.45) is 0 Å². The second kappa shape index (κ2) is 6.73. The first-order valence-electron chi connectivity index (χ1n) is 6.65. The number of aliphatic hydroxyl groups excluding tert-OH is 2. The molecule has 21 heavy (non-hydrogen) atoms. The minimum absolute atomic E-state index is 0.149. The van der Waals surface area contributed by atoms with Gasteiger partial charge in [-0.2, -0.15) is 0 Å². The van der Waals surface area contributed by atoms with Crippen LogP contribution in [-0.2, 0) is 4.74 Å². The Kier molecular flexibility index (Phi) is 5.51. The lowest BCUT2D eigenvalue weighted by Crippen LogP contribution is -2.38. The Morgan fingerprint density at radius 2 is 2.10 bits per heavy atom. The van der Waals surface area contributed by atoms with Gasteiger partial charge in [0.05, 0.1) is 11.4 Å². The number of carbonyl (C=O) groups excluding carboxylic acids is 1. The number of rotatable bonds is 4. The molecule has 5 N–H and O–H groups in total. The standard InChI is InChI=1S/C14H23N3O4/c1-8-10(15)5-9(6-16-8)12(19)11(18)7-17-13(20)21-14(2,3)4/h5-6,11-12,18-19H,7,15H2,1-4H3,(H,17,20). The molecular weight excluding hydrogens is 274 g/mol. The van der Waals surface area contributed by atoms with Gasteiger partial charge in [-0.3, -0.25) is 4.98 Å². The third-order valence-electron chi connectivity index (χ3n) is 2.71. The van der Waals surface area contributed by atoms with Crippen LogP contribution >= 0.6 is 0 Å². The Morgan fingerprint density at radius 1 is 1.48 bits per heavy atom. The lowest BCUT2D eigenvalue weighted by atomic mass is 10.1. The van der Waals surface area contributed by atoms with E-state index in [2.05, 4.69) is 10.3 Å². The summed E-state index contributed by atoms with van der Waals surface area (Å²) in [6, 6.07) is 1.55. The molecule has 1 heterocycles. The van der Waals surface area contributed by atoms with E-state index in [1.54, 1.807) is 33.8 Å². The van der Waals surface area contributed by atoms with Crippen LogP contribution in [0.1, 0.15) is 38.1 Å². The highest BCUT2D eigenvalue weighted by atomic mass is 16.6. The van der Waals surface area contributed by atoms with Crippen LogP contribution in [0.5, 0.6) is 0 Å². The number of carbonyl (C=O) groups is 1. The lowest BCUT2D eigenvalue weighted by Gasteiger charge is -2.22. The lowest BCUT2D eigenvalue weighted by molar-refractivity contribution is 0.0128. The summed E-state index contributed by atoms with van der Waals surface area (Å²) in [4.78, 5) is 15.5. The quantitative estimate of drug-likeness (QED) is 0.655. The molecule has 1 rings (SSSR count). The maximum Gasteiger partial charge on any atom is 0.407 e. The van der Waals surface area contributed by atoms with Gasteiger partial charge in [-0.05, 0) is 33.8 Å². The number of aliphatic hydroxyl groups is 2. The van der Waals surface area contributed by atoms with E-state index in [0.717, 1.165) is 0 Å². The molecule has 2 unspecified atom stereocenters. The molecule has 7 heteroatoms. The van der Waals surface area contributed by atoms with Crippen molar-refractivity contribution in [2.45, 2.75) is 45.5 Å². The van der Waals surface area contributed by atoms with Gasteiger partial charge in [0.2, 0.25) is 0 Å². The van der Waals surface area contributed by atoms with Crippen molar-refractivity contribution in [2.75, 3.05) is 12.3 Å². The Labute approximate surface area is 124 Å². The van der Waals surface area contributed by atoms with Crippen molar-refractivity contribution in [3.63, 3.8) is 0 Å². The van der Waals surface area contributed by atoms with Crippen LogP contribution < -0.4 is 11.1 Å². The predicted octanol–water partition coefficient (Wildman–Crippen LogP) is 0.891. The zero-order valence-electron chi connectivity index (χ0n) is 12.8.